The topological polar surface area (TPSA) is 59.0 Å². The number of urea groups is 1. The van der Waals surface area contributed by atoms with E-state index in [0.717, 1.165) is 29.2 Å². The van der Waals surface area contributed by atoms with Crippen molar-refractivity contribution in [2.24, 2.45) is 0 Å². The van der Waals surface area contributed by atoms with Crippen molar-refractivity contribution in [1.82, 2.24) is 15.1 Å². The average Bonchev–Trinajstić information content (AvgIpc) is 3.31. The first-order valence-electron chi connectivity index (χ1n) is 11.2. The predicted molar refractivity (Wildman–Crippen MR) is 131 cm³/mol. The molecule has 0 saturated heterocycles. The zero-order chi connectivity index (χ0) is 22.9. The minimum atomic E-state index is -0.186. The Bertz CT molecular complexity index is 1120. The van der Waals surface area contributed by atoms with Crippen LogP contribution in [-0.4, -0.2) is 21.9 Å². The summed E-state index contributed by atoms with van der Waals surface area (Å²) < 4.78 is 2.04. The number of carbonyl (C=O) groups is 1. The van der Waals surface area contributed by atoms with Crippen LogP contribution in [0.2, 0.25) is 0 Å². The fraction of sp³-hybridized carbons (Fsp3) is 0.333. The van der Waals surface area contributed by atoms with Gasteiger partial charge in [0.15, 0.2) is 0 Å². The largest absolute Gasteiger partial charge is 0.332 e. The SMILES string of the molecule is Cc1nn(-c2ccc(C(C)(C)C)cc2)c(C)c1[C@@H]1C=C[C@@H](NC(=O)Nc2ccccc2)C1. The Morgan fingerprint density at radius 3 is 2.34 bits per heavy atom. The molecule has 0 fully saturated rings. The molecule has 0 aliphatic heterocycles. The van der Waals surface area contributed by atoms with Crippen molar-refractivity contribution in [3.63, 3.8) is 0 Å². The highest BCUT2D eigenvalue weighted by Gasteiger charge is 2.27. The van der Waals surface area contributed by atoms with E-state index >= 15 is 0 Å². The van der Waals surface area contributed by atoms with E-state index in [0.29, 0.717) is 0 Å². The van der Waals surface area contributed by atoms with E-state index in [1.54, 1.807) is 0 Å². The molecule has 1 aromatic heterocycles. The Morgan fingerprint density at radius 1 is 1.00 bits per heavy atom. The summed E-state index contributed by atoms with van der Waals surface area (Å²) in [4.78, 5) is 12.4. The summed E-state index contributed by atoms with van der Waals surface area (Å²) >= 11 is 0. The molecule has 0 spiro atoms. The maximum absolute atomic E-state index is 12.4. The number of carbonyl (C=O) groups excluding carboxylic acids is 1. The van der Waals surface area contributed by atoms with E-state index in [1.165, 1.54) is 11.1 Å². The predicted octanol–water partition coefficient (Wildman–Crippen LogP) is 6.02. The van der Waals surface area contributed by atoms with Crippen LogP contribution in [0.5, 0.6) is 0 Å². The molecule has 5 nitrogen and oxygen atoms in total. The summed E-state index contributed by atoms with van der Waals surface area (Å²) in [5.41, 5.74) is 6.72. The van der Waals surface area contributed by atoms with Crippen LogP contribution in [0.1, 0.15) is 55.6 Å². The van der Waals surface area contributed by atoms with Crippen molar-refractivity contribution < 1.29 is 4.79 Å². The number of hydrogen-bond acceptors (Lipinski definition) is 2. The monoisotopic (exact) mass is 428 g/mol. The summed E-state index contributed by atoms with van der Waals surface area (Å²) in [5, 5.41) is 10.8. The maximum atomic E-state index is 12.4. The van der Waals surface area contributed by atoms with Crippen molar-refractivity contribution in [1.29, 1.82) is 0 Å². The van der Waals surface area contributed by atoms with Crippen molar-refractivity contribution in [2.75, 3.05) is 5.32 Å². The molecular formula is C27H32N4O. The third-order valence-electron chi connectivity index (χ3n) is 6.13. The number of hydrogen-bond donors (Lipinski definition) is 2. The number of nitrogens with one attached hydrogen (secondary N) is 2. The standard InChI is InChI=1S/C27H32N4O/c1-18-25(19(2)31(30-18)24-15-12-21(13-16-24)27(3,4)5)20-11-14-23(17-20)29-26(32)28-22-9-7-6-8-10-22/h6-16,20,23H,17H2,1-5H3,(H2,28,29,32)/t20-,23-/m1/s1. The highest BCUT2D eigenvalue weighted by atomic mass is 16.2. The van der Waals surface area contributed by atoms with Gasteiger partial charge in [-0.15, -0.1) is 0 Å². The first-order valence-corrected chi connectivity index (χ1v) is 11.2. The fourth-order valence-corrected chi connectivity index (χ4v) is 4.42. The Balaban J connectivity index is 1.45. The number of aryl methyl sites for hydroxylation is 1. The molecule has 2 atom stereocenters. The van der Waals surface area contributed by atoms with Gasteiger partial charge in [-0.25, -0.2) is 9.48 Å². The highest BCUT2D eigenvalue weighted by Crippen LogP contribution is 2.34. The van der Waals surface area contributed by atoms with E-state index in [9.17, 15) is 4.79 Å². The molecule has 1 heterocycles. The van der Waals surface area contributed by atoms with Crippen molar-refractivity contribution in [2.45, 2.75) is 58.4 Å². The van der Waals surface area contributed by atoms with Gasteiger partial charge in [0.05, 0.1) is 11.4 Å². The number of amides is 2. The van der Waals surface area contributed by atoms with Gasteiger partial charge in [-0.2, -0.15) is 5.10 Å². The number of anilines is 1. The quantitative estimate of drug-likeness (QED) is 0.499. The Kier molecular flexibility index (Phi) is 5.92. The number of para-hydroxylation sites is 1. The van der Waals surface area contributed by atoms with Gasteiger partial charge in [0.2, 0.25) is 0 Å². The van der Waals surface area contributed by atoms with E-state index < -0.39 is 0 Å². The van der Waals surface area contributed by atoms with Gasteiger partial charge in [0.25, 0.3) is 0 Å². The number of aromatic nitrogens is 2. The number of nitrogens with zero attached hydrogens (tertiary/aromatic N) is 2. The van der Waals surface area contributed by atoms with Crippen LogP contribution in [0.3, 0.4) is 0 Å². The summed E-state index contributed by atoms with van der Waals surface area (Å²) in [6, 6.07) is 18.0. The third kappa shape index (κ3) is 4.62. The zero-order valence-corrected chi connectivity index (χ0v) is 19.5. The molecule has 4 rings (SSSR count). The van der Waals surface area contributed by atoms with Gasteiger partial charge in [-0.3, -0.25) is 0 Å². The van der Waals surface area contributed by atoms with Gasteiger partial charge >= 0.3 is 6.03 Å². The molecule has 166 valence electrons. The van der Waals surface area contributed by atoms with E-state index in [1.807, 2.05) is 35.0 Å². The van der Waals surface area contributed by atoms with Gasteiger partial charge in [-0.1, -0.05) is 63.3 Å². The Morgan fingerprint density at radius 2 is 1.69 bits per heavy atom. The summed E-state index contributed by atoms with van der Waals surface area (Å²) in [5.74, 6) is 0.236. The molecule has 2 aromatic carbocycles. The van der Waals surface area contributed by atoms with Crippen LogP contribution < -0.4 is 10.6 Å². The summed E-state index contributed by atoms with van der Waals surface area (Å²) in [6.07, 6.45) is 5.11. The van der Waals surface area contributed by atoms with Gasteiger partial charge in [0, 0.05) is 28.9 Å². The van der Waals surface area contributed by atoms with Crippen molar-refractivity contribution in [3.8, 4) is 5.69 Å². The summed E-state index contributed by atoms with van der Waals surface area (Å²) in [6.45, 7) is 10.9. The number of rotatable bonds is 4. The Labute approximate surface area is 190 Å². The van der Waals surface area contributed by atoms with Crippen LogP contribution in [-0.2, 0) is 5.41 Å². The lowest BCUT2D eigenvalue weighted by molar-refractivity contribution is 0.250. The normalized spacial score (nSPS) is 18.0. The third-order valence-corrected chi connectivity index (χ3v) is 6.13. The molecule has 0 unspecified atom stereocenters. The molecule has 3 aromatic rings. The van der Waals surface area contributed by atoms with Crippen LogP contribution in [0, 0.1) is 13.8 Å². The van der Waals surface area contributed by atoms with E-state index in [2.05, 4.69) is 81.7 Å². The molecule has 0 radical (unpaired) electrons. The van der Waals surface area contributed by atoms with Gasteiger partial charge in [0.1, 0.15) is 0 Å². The molecule has 32 heavy (non-hydrogen) atoms. The minimum Gasteiger partial charge on any atom is -0.332 e. The number of allylic oxidation sites excluding steroid dienone is 1. The van der Waals surface area contributed by atoms with Crippen LogP contribution in [0.15, 0.2) is 66.7 Å². The lowest BCUT2D eigenvalue weighted by Gasteiger charge is -2.19. The first kappa shape index (κ1) is 21.9. The maximum Gasteiger partial charge on any atom is 0.319 e. The minimum absolute atomic E-state index is 0.00284. The molecule has 1 aliphatic carbocycles. The summed E-state index contributed by atoms with van der Waals surface area (Å²) in [7, 11) is 0. The second-order valence-corrected chi connectivity index (χ2v) is 9.59. The second kappa shape index (κ2) is 8.65. The van der Waals surface area contributed by atoms with Crippen LogP contribution in [0.25, 0.3) is 5.69 Å². The molecule has 2 amide bonds. The number of benzene rings is 2. The second-order valence-electron chi connectivity index (χ2n) is 9.59. The molecule has 5 heteroatoms. The molecular weight excluding hydrogens is 396 g/mol. The van der Waals surface area contributed by atoms with E-state index in [4.69, 9.17) is 5.10 Å². The molecule has 1 aliphatic rings. The van der Waals surface area contributed by atoms with Gasteiger partial charge < -0.3 is 10.6 Å². The van der Waals surface area contributed by atoms with Crippen LogP contribution >= 0.6 is 0 Å². The zero-order valence-electron chi connectivity index (χ0n) is 19.5. The first-order chi connectivity index (χ1) is 15.2. The van der Waals surface area contributed by atoms with Crippen molar-refractivity contribution >= 4 is 11.7 Å². The van der Waals surface area contributed by atoms with Gasteiger partial charge in [-0.05, 0) is 55.5 Å². The smallest absolute Gasteiger partial charge is 0.319 e. The van der Waals surface area contributed by atoms with Crippen molar-refractivity contribution in [3.05, 3.63) is 89.3 Å². The molecule has 0 bridgehead atoms. The molecule has 2 N–H and O–H groups in total. The lowest BCUT2D eigenvalue weighted by Crippen LogP contribution is -2.36. The fourth-order valence-electron chi connectivity index (χ4n) is 4.42. The Hall–Kier alpha value is -3.34. The average molecular weight is 429 g/mol. The lowest BCUT2D eigenvalue weighted by atomic mass is 9.87. The van der Waals surface area contributed by atoms with Crippen LogP contribution in [0.4, 0.5) is 10.5 Å². The van der Waals surface area contributed by atoms with E-state index in [-0.39, 0.29) is 23.4 Å². The highest BCUT2D eigenvalue weighted by molar-refractivity contribution is 5.89. The molecule has 0 saturated carbocycles.